The first kappa shape index (κ1) is 42.8. The average Bonchev–Trinajstić information content (AvgIpc) is 3.37. The summed E-state index contributed by atoms with van der Waals surface area (Å²) in [6, 6.07) is 12.1. The molecule has 3 rings (SSSR count). The second-order valence-corrected chi connectivity index (χ2v) is 13.2. The summed E-state index contributed by atoms with van der Waals surface area (Å²) < 4.78 is 26.0. The Labute approximate surface area is 308 Å². The van der Waals surface area contributed by atoms with Gasteiger partial charge in [0.1, 0.15) is 5.82 Å². The van der Waals surface area contributed by atoms with E-state index in [4.69, 9.17) is 0 Å². The summed E-state index contributed by atoms with van der Waals surface area (Å²) in [5.74, 6) is -0.578. The molecule has 274 valence electrons. The lowest BCUT2D eigenvalue weighted by atomic mass is 10.0. The van der Waals surface area contributed by atoms with Crippen LogP contribution in [0.5, 0.6) is 0 Å². The molecule has 5 nitrogen and oxygen atoms in total. The summed E-state index contributed by atoms with van der Waals surface area (Å²) in [4.78, 5) is 25.9. The van der Waals surface area contributed by atoms with Crippen LogP contribution in [0, 0.1) is 5.82 Å². The second-order valence-electron chi connectivity index (χ2n) is 11.9. The van der Waals surface area contributed by atoms with Crippen molar-refractivity contribution >= 4 is 39.8 Å². The first-order valence-corrected chi connectivity index (χ1v) is 19.8. The van der Waals surface area contributed by atoms with Gasteiger partial charge in [0, 0.05) is 41.5 Å². The quantitative estimate of drug-likeness (QED) is 0.106. The Morgan fingerprint density at radius 3 is 1.86 bits per heavy atom. The second kappa shape index (κ2) is 25.6. The maximum Gasteiger partial charge on any atom is 0.224 e. The van der Waals surface area contributed by atoms with Crippen molar-refractivity contribution in [3.63, 3.8) is 0 Å². The molecule has 2 aromatic rings. The molecule has 2 aromatic carbocycles. The van der Waals surface area contributed by atoms with Crippen molar-refractivity contribution in [2.24, 2.45) is 0 Å². The minimum absolute atomic E-state index is 0.0339. The number of benzene rings is 2. The molecule has 0 saturated heterocycles. The molecule has 1 aliphatic rings. The van der Waals surface area contributed by atoms with Crippen molar-refractivity contribution in [3.8, 4) is 0 Å². The maximum atomic E-state index is 14.3. The first-order chi connectivity index (χ1) is 24.8. The molecular formula is C44H57FN2O3S. The van der Waals surface area contributed by atoms with Crippen LogP contribution in [-0.4, -0.2) is 35.4 Å². The van der Waals surface area contributed by atoms with Crippen molar-refractivity contribution < 1.29 is 18.2 Å². The summed E-state index contributed by atoms with van der Waals surface area (Å²) in [6.07, 6.45) is 32.4. The highest BCUT2D eigenvalue weighted by atomic mass is 32.2. The number of unbranched alkanes of at least 4 members (excludes halogenated alkanes) is 1. The number of hydrogen-bond acceptors (Lipinski definition) is 3. The predicted octanol–water partition coefficient (Wildman–Crippen LogP) is 10.5. The Bertz CT molecular complexity index is 1630. The zero-order chi connectivity index (χ0) is 37.3. The van der Waals surface area contributed by atoms with Crippen LogP contribution in [0.4, 0.5) is 4.39 Å². The lowest BCUT2D eigenvalue weighted by Gasteiger charge is -2.09. The van der Waals surface area contributed by atoms with E-state index in [0.717, 1.165) is 77.7 Å². The van der Waals surface area contributed by atoms with E-state index in [1.807, 2.05) is 51.1 Å². The number of amides is 2. The van der Waals surface area contributed by atoms with E-state index < -0.39 is 10.8 Å². The lowest BCUT2D eigenvalue weighted by Crippen LogP contribution is -2.34. The number of nitrogens with one attached hydrogen (secondary N) is 2. The third-order valence-corrected chi connectivity index (χ3v) is 8.95. The Balaban J connectivity index is 0.00000442. The Hall–Kier alpha value is -4.36. The van der Waals surface area contributed by atoms with E-state index >= 15 is 0 Å². The van der Waals surface area contributed by atoms with E-state index in [1.165, 1.54) is 12.1 Å². The summed E-state index contributed by atoms with van der Waals surface area (Å²) in [7, 11) is -1.06. The molecule has 7 heteroatoms. The van der Waals surface area contributed by atoms with Crippen LogP contribution >= 0.6 is 0 Å². The van der Waals surface area contributed by atoms with Crippen molar-refractivity contribution in [1.29, 1.82) is 0 Å². The zero-order valence-electron chi connectivity index (χ0n) is 31.2. The molecule has 0 radical (unpaired) electrons. The van der Waals surface area contributed by atoms with Gasteiger partial charge in [-0.2, -0.15) is 0 Å². The molecule has 1 aliphatic carbocycles. The van der Waals surface area contributed by atoms with Gasteiger partial charge in [0.05, 0.1) is 6.42 Å². The van der Waals surface area contributed by atoms with Crippen molar-refractivity contribution in [3.05, 3.63) is 131 Å². The number of rotatable bonds is 20. The van der Waals surface area contributed by atoms with Crippen LogP contribution in [0.1, 0.15) is 102 Å². The highest BCUT2D eigenvalue weighted by molar-refractivity contribution is 7.84. The molecule has 0 bridgehead atoms. The fourth-order valence-corrected chi connectivity index (χ4v) is 5.89. The van der Waals surface area contributed by atoms with Gasteiger partial charge in [0.2, 0.25) is 11.8 Å². The van der Waals surface area contributed by atoms with Gasteiger partial charge < -0.3 is 10.6 Å². The zero-order valence-corrected chi connectivity index (χ0v) is 32.0. The summed E-state index contributed by atoms with van der Waals surface area (Å²) >= 11 is 0. The van der Waals surface area contributed by atoms with E-state index in [0.29, 0.717) is 25.1 Å². The number of carbonyl (C=O) groups is 2. The third-order valence-electron chi connectivity index (χ3n) is 8.02. The van der Waals surface area contributed by atoms with Crippen LogP contribution in [-0.2, 0) is 20.4 Å². The summed E-state index contributed by atoms with van der Waals surface area (Å²) in [6.45, 7) is 8.75. The van der Waals surface area contributed by atoms with Gasteiger partial charge in [0.15, 0.2) is 0 Å². The van der Waals surface area contributed by atoms with E-state index in [9.17, 15) is 18.2 Å². The molecule has 0 fully saturated rings. The average molecular weight is 713 g/mol. The fourth-order valence-electron chi connectivity index (χ4n) is 5.37. The van der Waals surface area contributed by atoms with Gasteiger partial charge in [-0.05, 0) is 116 Å². The number of halogens is 1. The van der Waals surface area contributed by atoms with Crippen LogP contribution in [0.2, 0.25) is 0 Å². The van der Waals surface area contributed by atoms with Crippen molar-refractivity contribution in [2.45, 2.75) is 90.4 Å². The van der Waals surface area contributed by atoms with Gasteiger partial charge >= 0.3 is 0 Å². The molecule has 0 aliphatic heterocycles. The maximum absolute atomic E-state index is 14.3. The van der Waals surface area contributed by atoms with Crippen molar-refractivity contribution in [2.75, 3.05) is 19.3 Å². The number of allylic oxidation sites excluding steroid dienone is 12. The highest BCUT2D eigenvalue weighted by Crippen LogP contribution is 2.43. The van der Waals surface area contributed by atoms with Crippen LogP contribution in [0.15, 0.2) is 114 Å². The first-order valence-electron chi connectivity index (χ1n) is 18.2. The van der Waals surface area contributed by atoms with Crippen LogP contribution in [0.3, 0.4) is 0 Å². The molecule has 1 unspecified atom stereocenters. The number of carbonyl (C=O) groups excluding carboxylic acids is 2. The standard InChI is InChI=1S/C42H51FN2O3S.C2H6/c1-4-5-6-7-8-9-10-11-12-13-14-15-16-17-18-19-20-21-41(46)44-28-29-45-42(47)32-39-33(2)38(37-27-24-35(43)31-40(37)39)30-34-22-25-36(26-23-34)49(3)48;1-2/h5-6,8-9,11-12,14-15,17-18,22-27,30-31H,4,7,10,13,16,19-21,28-29,32H2,1-3H3,(H,44,46)(H,45,47);1-2H3/b6-5-,9-8-,12-11-,15-14-,18-17-,38-30-;. The molecule has 2 amide bonds. The molecule has 0 heterocycles. The van der Waals surface area contributed by atoms with Gasteiger partial charge in [-0.25, -0.2) is 4.39 Å². The van der Waals surface area contributed by atoms with E-state index in [1.54, 1.807) is 12.3 Å². The molecule has 0 saturated carbocycles. The normalized spacial score (nSPS) is 14.3. The minimum atomic E-state index is -1.06. The molecule has 2 N–H and O–H groups in total. The van der Waals surface area contributed by atoms with E-state index in [-0.39, 0.29) is 24.1 Å². The molecule has 0 spiro atoms. The SMILES string of the molecule is CC.CC/C=C\C/C=C\C/C=C\C/C=C\C/C=C\CCCC(=O)NCCNC(=O)CC1=C(C)/C(=C/c2ccc(S(C)=O)cc2)c2ccc(F)cc21. The predicted molar refractivity (Wildman–Crippen MR) is 216 cm³/mol. The Kier molecular flexibility index (Phi) is 21.5. The Morgan fingerprint density at radius 2 is 1.29 bits per heavy atom. The molecular weight excluding hydrogens is 656 g/mol. The topological polar surface area (TPSA) is 75.3 Å². The molecule has 1 atom stereocenters. The molecule has 51 heavy (non-hydrogen) atoms. The van der Waals surface area contributed by atoms with E-state index in [2.05, 4.69) is 78.3 Å². The summed E-state index contributed by atoms with van der Waals surface area (Å²) in [5.41, 5.74) is 5.15. The van der Waals surface area contributed by atoms with Gasteiger partial charge in [-0.15, -0.1) is 0 Å². The molecule has 0 aromatic heterocycles. The lowest BCUT2D eigenvalue weighted by molar-refractivity contribution is -0.122. The van der Waals surface area contributed by atoms with Crippen LogP contribution in [0.25, 0.3) is 17.2 Å². The van der Waals surface area contributed by atoms with Crippen molar-refractivity contribution in [1.82, 2.24) is 10.6 Å². The minimum Gasteiger partial charge on any atom is -0.354 e. The summed E-state index contributed by atoms with van der Waals surface area (Å²) in [5, 5.41) is 5.75. The number of fused-ring (bicyclic) bond motifs is 1. The van der Waals surface area contributed by atoms with Gasteiger partial charge in [-0.1, -0.05) is 99.7 Å². The monoisotopic (exact) mass is 712 g/mol. The third kappa shape index (κ3) is 16.5. The Morgan fingerprint density at radius 1 is 0.745 bits per heavy atom. The highest BCUT2D eigenvalue weighted by Gasteiger charge is 2.25. The van der Waals surface area contributed by atoms with Crippen LogP contribution < -0.4 is 10.6 Å². The fraction of sp³-hybridized carbons (Fsp3) is 0.364. The number of hydrogen-bond donors (Lipinski definition) is 2. The smallest absolute Gasteiger partial charge is 0.224 e. The largest absolute Gasteiger partial charge is 0.354 e. The van der Waals surface area contributed by atoms with Gasteiger partial charge in [0.25, 0.3) is 0 Å². The van der Waals surface area contributed by atoms with Gasteiger partial charge in [-0.3, -0.25) is 13.8 Å².